The van der Waals surface area contributed by atoms with E-state index in [-0.39, 0.29) is 5.97 Å². The number of benzene rings is 2. The quantitative estimate of drug-likeness (QED) is 0.264. The third kappa shape index (κ3) is 6.60. The van der Waals surface area contributed by atoms with Gasteiger partial charge in [-0.1, -0.05) is 25.5 Å². The van der Waals surface area contributed by atoms with E-state index < -0.39 is 0 Å². The molecule has 1 heterocycles. The third-order valence-corrected chi connectivity index (χ3v) is 5.55. The van der Waals surface area contributed by atoms with E-state index in [0.717, 1.165) is 61.3 Å². The predicted molar refractivity (Wildman–Crippen MR) is 130 cm³/mol. The van der Waals surface area contributed by atoms with E-state index >= 15 is 0 Å². The maximum absolute atomic E-state index is 11.9. The van der Waals surface area contributed by atoms with E-state index in [9.17, 15) is 4.79 Å². The molecule has 0 fully saturated rings. The zero-order chi connectivity index (χ0) is 22.8. The van der Waals surface area contributed by atoms with Gasteiger partial charge in [0, 0.05) is 32.0 Å². The Morgan fingerprint density at radius 2 is 1.88 bits per heavy atom. The number of ether oxygens (including phenoxy) is 3. The Labute approximate surface area is 192 Å². The van der Waals surface area contributed by atoms with Crippen LogP contribution in [0.25, 0.3) is 17.2 Å². The van der Waals surface area contributed by atoms with Crippen LogP contribution in [0.4, 0.5) is 5.69 Å². The minimum Gasteiger partial charge on any atom is -0.491 e. The summed E-state index contributed by atoms with van der Waals surface area (Å²) in [7, 11) is 2.11. The van der Waals surface area contributed by atoms with Crippen LogP contribution < -0.4 is 9.64 Å². The van der Waals surface area contributed by atoms with E-state index in [1.807, 2.05) is 25.1 Å². The normalized spacial score (nSPS) is 13.3. The Hall–Kier alpha value is -2.79. The van der Waals surface area contributed by atoms with Crippen molar-refractivity contribution in [2.75, 3.05) is 44.9 Å². The summed E-state index contributed by atoms with van der Waals surface area (Å²) in [6, 6.07) is 12.6. The summed E-state index contributed by atoms with van der Waals surface area (Å²) >= 11 is 0. The zero-order valence-corrected chi connectivity index (χ0v) is 19.6. The topological polar surface area (TPSA) is 48.0 Å². The monoisotopic (exact) mass is 437 g/mol. The van der Waals surface area contributed by atoms with Crippen molar-refractivity contribution in [3.05, 3.63) is 53.6 Å². The van der Waals surface area contributed by atoms with Gasteiger partial charge in [-0.05, 0) is 78.8 Å². The SMILES string of the molecule is CCCCOCCOc1ccc(-c2cc(C=CC(=O)OCC)c3c(c2)CCCN3C)cc1. The number of hydrogen-bond donors (Lipinski definition) is 0. The number of anilines is 1. The van der Waals surface area contributed by atoms with Crippen LogP contribution in [0.3, 0.4) is 0 Å². The molecule has 0 saturated carbocycles. The van der Waals surface area contributed by atoms with Crippen molar-refractivity contribution in [3.63, 3.8) is 0 Å². The van der Waals surface area contributed by atoms with Crippen LogP contribution >= 0.6 is 0 Å². The first-order chi connectivity index (χ1) is 15.6. The van der Waals surface area contributed by atoms with Crippen molar-refractivity contribution in [1.29, 1.82) is 0 Å². The third-order valence-electron chi connectivity index (χ3n) is 5.55. The lowest BCUT2D eigenvalue weighted by Gasteiger charge is -2.30. The average molecular weight is 438 g/mol. The van der Waals surface area contributed by atoms with E-state index in [1.54, 1.807) is 0 Å². The van der Waals surface area contributed by atoms with Crippen LogP contribution in [0.15, 0.2) is 42.5 Å². The molecule has 2 aromatic rings. The number of hydrogen-bond acceptors (Lipinski definition) is 5. The van der Waals surface area contributed by atoms with Crippen LogP contribution in [0.5, 0.6) is 5.75 Å². The van der Waals surface area contributed by atoms with E-state index in [4.69, 9.17) is 14.2 Å². The van der Waals surface area contributed by atoms with Crippen LogP contribution in [-0.4, -0.2) is 46.0 Å². The van der Waals surface area contributed by atoms with Gasteiger partial charge in [-0.3, -0.25) is 0 Å². The fourth-order valence-corrected chi connectivity index (χ4v) is 3.95. The van der Waals surface area contributed by atoms with Gasteiger partial charge in [-0.2, -0.15) is 0 Å². The molecular formula is C27H35NO4. The minimum atomic E-state index is -0.315. The lowest BCUT2D eigenvalue weighted by molar-refractivity contribution is -0.137. The first-order valence-corrected chi connectivity index (χ1v) is 11.7. The van der Waals surface area contributed by atoms with Crippen LogP contribution in [-0.2, 0) is 20.7 Å². The molecule has 0 aliphatic carbocycles. The lowest BCUT2D eigenvalue weighted by Crippen LogP contribution is -2.25. The molecule has 5 heteroatoms. The van der Waals surface area contributed by atoms with Crippen molar-refractivity contribution in [1.82, 2.24) is 0 Å². The summed E-state index contributed by atoms with van der Waals surface area (Å²) < 4.78 is 16.4. The van der Waals surface area contributed by atoms with Gasteiger partial charge in [0.15, 0.2) is 0 Å². The number of fused-ring (bicyclic) bond motifs is 1. The molecule has 0 spiro atoms. The second-order valence-corrected chi connectivity index (χ2v) is 8.02. The van der Waals surface area contributed by atoms with Gasteiger partial charge in [0.1, 0.15) is 12.4 Å². The number of carbonyl (C=O) groups is 1. The molecule has 0 saturated heterocycles. The summed E-state index contributed by atoms with van der Waals surface area (Å²) in [5, 5.41) is 0. The van der Waals surface area contributed by atoms with Crippen molar-refractivity contribution >= 4 is 17.7 Å². The van der Waals surface area contributed by atoms with E-state index in [0.29, 0.717) is 19.8 Å². The maximum Gasteiger partial charge on any atom is 0.330 e. The lowest BCUT2D eigenvalue weighted by atomic mass is 9.92. The average Bonchev–Trinajstić information content (AvgIpc) is 2.80. The highest BCUT2D eigenvalue weighted by atomic mass is 16.5. The van der Waals surface area contributed by atoms with Crippen molar-refractivity contribution in [3.8, 4) is 16.9 Å². The van der Waals surface area contributed by atoms with Gasteiger partial charge < -0.3 is 19.1 Å². The largest absolute Gasteiger partial charge is 0.491 e. The molecule has 0 N–H and O–H groups in total. The molecule has 1 aliphatic rings. The molecule has 0 radical (unpaired) electrons. The van der Waals surface area contributed by atoms with Gasteiger partial charge in [0.25, 0.3) is 0 Å². The number of rotatable bonds is 11. The van der Waals surface area contributed by atoms with E-state index in [1.165, 1.54) is 17.3 Å². The van der Waals surface area contributed by atoms with Crippen LogP contribution in [0.2, 0.25) is 0 Å². The molecule has 0 atom stereocenters. The Morgan fingerprint density at radius 1 is 1.06 bits per heavy atom. The van der Waals surface area contributed by atoms with E-state index in [2.05, 4.69) is 43.1 Å². The first-order valence-electron chi connectivity index (χ1n) is 11.7. The highest BCUT2D eigenvalue weighted by molar-refractivity contribution is 5.90. The standard InChI is InChI=1S/C27H35NO4/c1-4-6-16-30-17-18-32-25-12-9-21(10-13-25)24-19-22-8-7-15-28(3)27(22)23(20-24)11-14-26(29)31-5-2/h9-14,19-20H,4-8,15-18H2,1-3H3. The maximum atomic E-state index is 11.9. The Bertz CT molecular complexity index is 905. The molecular weight excluding hydrogens is 402 g/mol. The molecule has 5 nitrogen and oxygen atoms in total. The van der Waals surface area contributed by atoms with Gasteiger partial charge >= 0.3 is 5.97 Å². The summed E-state index contributed by atoms with van der Waals surface area (Å²) in [6.45, 7) is 7.31. The smallest absolute Gasteiger partial charge is 0.330 e. The number of unbranched alkanes of at least 4 members (excludes halogenated alkanes) is 1. The summed E-state index contributed by atoms with van der Waals surface area (Å²) in [4.78, 5) is 14.1. The number of nitrogens with zero attached hydrogens (tertiary/aromatic N) is 1. The van der Waals surface area contributed by atoms with Crippen molar-refractivity contribution in [2.45, 2.75) is 39.5 Å². The Morgan fingerprint density at radius 3 is 2.62 bits per heavy atom. The Balaban J connectivity index is 1.75. The highest BCUT2D eigenvalue weighted by Crippen LogP contribution is 2.36. The summed E-state index contributed by atoms with van der Waals surface area (Å²) in [5.41, 5.74) is 5.81. The second kappa shape index (κ2) is 12.3. The minimum absolute atomic E-state index is 0.315. The zero-order valence-electron chi connectivity index (χ0n) is 19.6. The van der Waals surface area contributed by atoms with Crippen LogP contribution in [0.1, 0.15) is 44.2 Å². The molecule has 2 aromatic carbocycles. The van der Waals surface area contributed by atoms with Crippen molar-refractivity contribution in [2.24, 2.45) is 0 Å². The number of carbonyl (C=O) groups excluding carboxylic acids is 1. The summed E-state index contributed by atoms with van der Waals surface area (Å²) in [6.07, 6.45) is 7.78. The molecule has 0 aromatic heterocycles. The van der Waals surface area contributed by atoms with Gasteiger partial charge in [-0.15, -0.1) is 0 Å². The van der Waals surface area contributed by atoms with Gasteiger partial charge in [-0.25, -0.2) is 4.79 Å². The van der Waals surface area contributed by atoms with Crippen LogP contribution in [0, 0.1) is 0 Å². The Kier molecular flexibility index (Phi) is 9.17. The highest BCUT2D eigenvalue weighted by Gasteiger charge is 2.18. The molecule has 172 valence electrons. The second-order valence-electron chi connectivity index (χ2n) is 8.02. The molecule has 32 heavy (non-hydrogen) atoms. The number of esters is 1. The fourth-order valence-electron chi connectivity index (χ4n) is 3.95. The molecule has 1 aliphatic heterocycles. The fraction of sp³-hybridized carbons (Fsp3) is 0.444. The van der Waals surface area contributed by atoms with Gasteiger partial charge in [0.2, 0.25) is 0 Å². The molecule has 3 rings (SSSR count). The predicted octanol–water partition coefficient (Wildman–Crippen LogP) is 5.51. The number of aryl methyl sites for hydroxylation is 1. The molecule has 0 bridgehead atoms. The van der Waals surface area contributed by atoms with Gasteiger partial charge in [0.05, 0.1) is 13.2 Å². The summed E-state index contributed by atoms with van der Waals surface area (Å²) in [5.74, 6) is 0.526. The molecule has 0 amide bonds. The van der Waals surface area contributed by atoms with Crippen molar-refractivity contribution < 1.29 is 19.0 Å². The molecule has 0 unspecified atom stereocenters. The first kappa shape index (κ1) is 23.9.